The summed E-state index contributed by atoms with van der Waals surface area (Å²) in [5, 5.41) is 13.0. The molecule has 0 radical (unpaired) electrons. The van der Waals surface area contributed by atoms with E-state index in [1.165, 1.54) is 34.5 Å². The number of aryl methyl sites for hydroxylation is 1. The Kier molecular flexibility index (Phi) is 5.10. The molecule has 2 saturated heterocycles. The van der Waals surface area contributed by atoms with Crippen LogP contribution in [0.15, 0.2) is 30.3 Å². The van der Waals surface area contributed by atoms with E-state index in [2.05, 4.69) is 84.3 Å². The fraction of sp³-hybridized carbons (Fsp3) is 0.619. The Morgan fingerprint density at radius 2 is 1.92 bits per heavy atom. The lowest BCUT2D eigenvalue weighted by Crippen LogP contribution is -2.58. The maximum atomic E-state index is 11.7. The lowest BCUT2D eigenvalue weighted by molar-refractivity contribution is -0.0785. The van der Waals surface area contributed by atoms with Crippen LogP contribution in [0.4, 0.5) is 0 Å². The minimum atomic E-state index is -0.624. The molecule has 0 bridgehead atoms. The second-order valence-corrected chi connectivity index (χ2v) is 10.8. The minimum absolute atomic E-state index is 0.0575. The number of benzene rings is 1. The first kappa shape index (κ1) is 18.7. The van der Waals surface area contributed by atoms with E-state index in [4.69, 9.17) is 0 Å². The van der Waals surface area contributed by atoms with Crippen molar-refractivity contribution in [1.29, 1.82) is 0 Å². The summed E-state index contributed by atoms with van der Waals surface area (Å²) in [5.74, 6) is 2.64. The average Bonchev–Trinajstić information content (AvgIpc) is 3.00. The van der Waals surface area contributed by atoms with Gasteiger partial charge in [0.1, 0.15) is 4.08 Å². The third-order valence-corrected chi connectivity index (χ3v) is 9.83. The predicted molar refractivity (Wildman–Crippen MR) is 115 cm³/mol. The lowest BCUT2D eigenvalue weighted by atomic mass is 9.76. The molecule has 1 aromatic carbocycles. The molecule has 2 atom stereocenters. The monoisotopic (exact) mass is 390 g/mol. The van der Waals surface area contributed by atoms with Crippen molar-refractivity contribution >= 4 is 34.4 Å². The summed E-state index contributed by atoms with van der Waals surface area (Å²) < 4.78 is 2.33. The van der Waals surface area contributed by atoms with E-state index in [-0.39, 0.29) is 10.00 Å². The molecule has 2 aromatic rings. The number of likely N-dealkylation sites (N-methyl/N-ethyl adjacent to an activating group) is 1. The number of likely N-dealkylation sites (tertiary alicyclic amines) is 1. The fourth-order valence-electron chi connectivity index (χ4n) is 4.88. The maximum Gasteiger partial charge on any atom is 0.107 e. The fourth-order valence-corrected chi connectivity index (χ4v) is 8.84. The molecule has 3 heterocycles. The van der Waals surface area contributed by atoms with Crippen molar-refractivity contribution in [2.24, 2.45) is 13.0 Å². The average molecular weight is 391 g/mol. The molecule has 5 heteroatoms. The summed E-state index contributed by atoms with van der Waals surface area (Å²) in [4.78, 5) is 2.30. The number of piperidine rings is 1. The van der Waals surface area contributed by atoms with Crippen LogP contribution in [0.2, 0.25) is 0 Å². The van der Waals surface area contributed by atoms with Crippen molar-refractivity contribution < 1.29 is 5.11 Å². The number of aliphatic hydroxyl groups is 1. The molecule has 1 aromatic heterocycles. The van der Waals surface area contributed by atoms with Crippen molar-refractivity contribution in [3.63, 3.8) is 0 Å². The third kappa shape index (κ3) is 2.92. The highest BCUT2D eigenvalue weighted by molar-refractivity contribution is 8.18. The van der Waals surface area contributed by atoms with Gasteiger partial charge >= 0.3 is 0 Å². The van der Waals surface area contributed by atoms with Gasteiger partial charge in [0.2, 0.25) is 0 Å². The van der Waals surface area contributed by atoms with E-state index in [9.17, 15) is 5.11 Å². The predicted octanol–water partition coefficient (Wildman–Crippen LogP) is 4.29. The Bertz CT molecular complexity index is 783. The highest BCUT2D eigenvalue weighted by atomic mass is 32.2. The molecule has 4 rings (SSSR count). The SMILES string of the molecule is CC[C@]1(O)CN(C)CC[C@@H]1C1(c2cc3ccccc3n2C)SCCCS1. The number of hydrogen-bond donors (Lipinski definition) is 1. The summed E-state index contributed by atoms with van der Waals surface area (Å²) in [6.07, 6.45) is 3.13. The molecule has 0 aliphatic carbocycles. The van der Waals surface area contributed by atoms with Crippen molar-refractivity contribution in [3.8, 4) is 0 Å². The number of thioether (sulfide) groups is 2. The maximum absolute atomic E-state index is 11.7. The molecule has 3 nitrogen and oxygen atoms in total. The third-order valence-electron chi connectivity index (χ3n) is 6.29. The van der Waals surface area contributed by atoms with Crippen LogP contribution in [0.5, 0.6) is 0 Å². The first-order valence-electron chi connectivity index (χ1n) is 9.74. The molecule has 2 fully saturated rings. The topological polar surface area (TPSA) is 28.4 Å². The summed E-state index contributed by atoms with van der Waals surface area (Å²) in [6.45, 7) is 4.00. The normalized spacial score (nSPS) is 29.9. The molecular formula is C21H30N2OS2. The Hall–Kier alpha value is -0.620. The van der Waals surface area contributed by atoms with Crippen LogP contribution in [0.25, 0.3) is 10.9 Å². The lowest BCUT2D eigenvalue weighted by Gasteiger charge is -2.53. The van der Waals surface area contributed by atoms with Gasteiger partial charge in [-0.15, -0.1) is 23.5 Å². The van der Waals surface area contributed by atoms with Gasteiger partial charge in [0.05, 0.1) is 5.60 Å². The smallest absolute Gasteiger partial charge is 0.107 e. The van der Waals surface area contributed by atoms with Gasteiger partial charge < -0.3 is 14.6 Å². The van der Waals surface area contributed by atoms with E-state index in [1.807, 2.05) is 0 Å². The van der Waals surface area contributed by atoms with Gasteiger partial charge in [0.25, 0.3) is 0 Å². The second kappa shape index (κ2) is 7.08. The van der Waals surface area contributed by atoms with E-state index in [0.717, 1.165) is 25.9 Å². The molecule has 0 saturated carbocycles. The van der Waals surface area contributed by atoms with Crippen LogP contribution in [0.3, 0.4) is 0 Å². The van der Waals surface area contributed by atoms with Crippen molar-refractivity contribution in [1.82, 2.24) is 9.47 Å². The van der Waals surface area contributed by atoms with Gasteiger partial charge in [-0.05, 0) is 61.9 Å². The number of nitrogens with zero attached hydrogens (tertiary/aromatic N) is 2. The molecule has 26 heavy (non-hydrogen) atoms. The number of hydrogen-bond acceptors (Lipinski definition) is 4. The zero-order valence-corrected chi connectivity index (χ0v) is 17.7. The standard InChI is InChI=1S/C21H30N2OS2/c1-4-20(24)15-22(2)11-10-18(20)21(25-12-7-13-26-21)19-14-16-8-5-6-9-17(16)23(19)3/h5-6,8-9,14,18,24H,4,7,10-13,15H2,1-3H3/t18-,20-/m0/s1. The Morgan fingerprint density at radius 1 is 1.19 bits per heavy atom. The summed E-state index contributed by atoms with van der Waals surface area (Å²) in [6, 6.07) is 11.1. The molecule has 0 unspecified atom stereocenters. The summed E-state index contributed by atoms with van der Waals surface area (Å²) in [7, 11) is 4.34. The zero-order chi connectivity index (χ0) is 18.4. The largest absolute Gasteiger partial charge is 0.388 e. The molecule has 2 aliphatic rings. The number of rotatable bonds is 3. The van der Waals surface area contributed by atoms with Gasteiger partial charge in [-0.2, -0.15) is 0 Å². The highest BCUT2D eigenvalue weighted by Crippen LogP contribution is 2.60. The van der Waals surface area contributed by atoms with Crippen LogP contribution in [-0.4, -0.2) is 51.8 Å². The quantitative estimate of drug-likeness (QED) is 0.846. The molecule has 142 valence electrons. The van der Waals surface area contributed by atoms with Gasteiger partial charge in [0, 0.05) is 30.7 Å². The molecule has 0 spiro atoms. The Balaban J connectivity index is 1.87. The van der Waals surface area contributed by atoms with E-state index >= 15 is 0 Å². The van der Waals surface area contributed by atoms with Crippen molar-refractivity contribution in [2.75, 3.05) is 31.6 Å². The minimum Gasteiger partial charge on any atom is -0.388 e. The van der Waals surface area contributed by atoms with Gasteiger partial charge in [-0.25, -0.2) is 0 Å². The van der Waals surface area contributed by atoms with E-state index < -0.39 is 5.60 Å². The second-order valence-electron chi connectivity index (χ2n) is 7.90. The molecular weight excluding hydrogens is 360 g/mol. The van der Waals surface area contributed by atoms with E-state index in [0.29, 0.717) is 0 Å². The number of para-hydroxylation sites is 1. The highest BCUT2D eigenvalue weighted by Gasteiger charge is 2.54. The van der Waals surface area contributed by atoms with Crippen molar-refractivity contribution in [3.05, 3.63) is 36.0 Å². The Labute approximate surface area is 165 Å². The molecule has 0 amide bonds. The Morgan fingerprint density at radius 3 is 2.62 bits per heavy atom. The number of aromatic nitrogens is 1. The summed E-state index contributed by atoms with van der Waals surface area (Å²) in [5.41, 5.74) is 2.05. The van der Waals surface area contributed by atoms with E-state index in [1.54, 1.807) is 0 Å². The van der Waals surface area contributed by atoms with Gasteiger partial charge in [-0.1, -0.05) is 25.1 Å². The van der Waals surface area contributed by atoms with Crippen LogP contribution in [-0.2, 0) is 11.1 Å². The number of fused-ring (bicyclic) bond motifs is 1. The van der Waals surface area contributed by atoms with Crippen LogP contribution < -0.4 is 0 Å². The van der Waals surface area contributed by atoms with Gasteiger partial charge in [0.15, 0.2) is 0 Å². The zero-order valence-electron chi connectivity index (χ0n) is 16.1. The first-order chi connectivity index (χ1) is 12.5. The molecule has 1 N–H and O–H groups in total. The van der Waals surface area contributed by atoms with Crippen LogP contribution in [0, 0.1) is 5.92 Å². The first-order valence-corrected chi connectivity index (χ1v) is 11.7. The van der Waals surface area contributed by atoms with Crippen LogP contribution in [0.1, 0.15) is 31.9 Å². The summed E-state index contributed by atoms with van der Waals surface area (Å²) >= 11 is 4.16. The van der Waals surface area contributed by atoms with Gasteiger partial charge in [-0.3, -0.25) is 0 Å². The molecule has 2 aliphatic heterocycles. The van der Waals surface area contributed by atoms with Crippen molar-refractivity contribution in [2.45, 2.75) is 35.9 Å². The van der Waals surface area contributed by atoms with Crippen LogP contribution >= 0.6 is 23.5 Å². The number of β-amino-alcohol motifs (C(OH)–C–C–N with tert-alkyl or cyclic N) is 1.